The predicted octanol–water partition coefficient (Wildman–Crippen LogP) is 1.39. The van der Waals surface area contributed by atoms with Crippen molar-refractivity contribution in [3.8, 4) is 0 Å². The number of ether oxygens (including phenoxy) is 1. The van der Waals surface area contributed by atoms with Crippen LogP contribution in [0.25, 0.3) is 0 Å². The number of rotatable bonds is 1. The highest BCUT2D eigenvalue weighted by atomic mass is 16.6. The third kappa shape index (κ3) is 2.88. The smallest absolute Gasteiger partial charge is 0.410 e. The lowest BCUT2D eigenvalue weighted by molar-refractivity contribution is 0.00784. The summed E-state index contributed by atoms with van der Waals surface area (Å²) >= 11 is 0. The van der Waals surface area contributed by atoms with Crippen LogP contribution in [0, 0.1) is 0 Å². The standard InChI is InChI=1S/C12H18N4O2/c1-12(2,3)18-11(17)16-6-8(7-16)9-4-15-10(13)5-14-9/h4-5,8H,6-7H2,1-3H3,(H2,13,15)/i4D,5D,6D2,7D2,8D. The third-order valence-corrected chi connectivity index (χ3v) is 1.82. The van der Waals surface area contributed by atoms with Gasteiger partial charge in [0.25, 0.3) is 0 Å². The zero-order valence-corrected chi connectivity index (χ0v) is 10.2. The fourth-order valence-electron chi connectivity index (χ4n) is 1.12. The van der Waals surface area contributed by atoms with Gasteiger partial charge >= 0.3 is 6.09 Å². The minimum absolute atomic E-state index is 0.152. The van der Waals surface area contributed by atoms with Crippen LogP contribution >= 0.6 is 0 Å². The predicted molar refractivity (Wildman–Crippen MR) is 67.0 cm³/mol. The maximum Gasteiger partial charge on any atom is 0.410 e. The molecular formula is C12H18N4O2. The summed E-state index contributed by atoms with van der Waals surface area (Å²) in [6.45, 7) is -1.20. The summed E-state index contributed by atoms with van der Waals surface area (Å²) in [4.78, 5) is 19.4. The first-order chi connectivity index (χ1) is 11.1. The van der Waals surface area contributed by atoms with Gasteiger partial charge in [-0.25, -0.2) is 9.78 Å². The van der Waals surface area contributed by atoms with Crippen LogP contribution in [-0.2, 0) is 4.74 Å². The number of amides is 1. The highest BCUT2D eigenvalue weighted by molar-refractivity contribution is 5.69. The Morgan fingerprint density at radius 1 is 1.61 bits per heavy atom. The third-order valence-electron chi connectivity index (χ3n) is 1.82. The summed E-state index contributed by atoms with van der Waals surface area (Å²) in [6, 6.07) is 0. The molecule has 0 aromatic carbocycles. The summed E-state index contributed by atoms with van der Waals surface area (Å²) in [5.41, 5.74) is 3.64. The number of carbonyl (C=O) groups is 1. The number of carbonyl (C=O) groups excluding carboxylic acids is 1. The molecule has 1 saturated heterocycles. The van der Waals surface area contributed by atoms with E-state index in [1.165, 1.54) is 20.8 Å². The summed E-state index contributed by atoms with van der Waals surface area (Å²) in [6.07, 6.45) is -2.63. The molecule has 0 radical (unpaired) electrons. The topological polar surface area (TPSA) is 81.3 Å². The van der Waals surface area contributed by atoms with Crippen molar-refractivity contribution < 1.29 is 19.1 Å². The van der Waals surface area contributed by atoms with E-state index in [4.69, 9.17) is 20.1 Å². The van der Waals surface area contributed by atoms with Crippen LogP contribution in [0.2, 0.25) is 0 Å². The van der Waals surface area contributed by atoms with E-state index in [0.717, 1.165) is 0 Å². The molecule has 2 heterocycles. The van der Waals surface area contributed by atoms with Gasteiger partial charge in [-0.2, -0.15) is 0 Å². The molecule has 0 saturated carbocycles. The lowest BCUT2D eigenvalue weighted by Crippen LogP contribution is -2.50. The number of hydrogen-bond donors (Lipinski definition) is 1. The van der Waals surface area contributed by atoms with Gasteiger partial charge in [-0.1, -0.05) is 0 Å². The van der Waals surface area contributed by atoms with Crippen molar-refractivity contribution in [3.63, 3.8) is 0 Å². The zero-order chi connectivity index (χ0) is 19.6. The molecule has 1 aliphatic heterocycles. The number of nitrogen functional groups attached to an aromatic ring is 1. The van der Waals surface area contributed by atoms with E-state index in [9.17, 15) is 4.79 Å². The van der Waals surface area contributed by atoms with Crippen molar-refractivity contribution in [1.82, 2.24) is 14.9 Å². The van der Waals surface area contributed by atoms with Gasteiger partial charge in [0.1, 0.15) is 11.4 Å². The monoisotopic (exact) mass is 257 g/mol. The maximum atomic E-state index is 12.2. The molecular weight excluding hydrogens is 232 g/mol. The Hall–Kier alpha value is -1.85. The first kappa shape index (κ1) is 6.36. The van der Waals surface area contributed by atoms with Crippen molar-refractivity contribution in [2.24, 2.45) is 0 Å². The molecule has 0 atom stereocenters. The van der Waals surface area contributed by atoms with Gasteiger partial charge in [-0.3, -0.25) is 4.98 Å². The van der Waals surface area contributed by atoms with Gasteiger partial charge in [0.05, 0.1) is 26.3 Å². The number of aromatic nitrogens is 2. The lowest BCUT2D eigenvalue weighted by atomic mass is 9.97. The number of nitrogens with zero attached hydrogens (tertiary/aromatic N) is 3. The van der Waals surface area contributed by atoms with E-state index in [0.29, 0.717) is 0 Å². The number of hydrogen-bond acceptors (Lipinski definition) is 5. The largest absolute Gasteiger partial charge is 0.444 e. The first-order valence-corrected chi connectivity index (χ1v) is 5.22. The molecule has 0 spiro atoms. The van der Waals surface area contributed by atoms with Gasteiger partial charge in [0, 0.05) is 20.3 Å². The zero-order valence-electron chi connectivity index (χ0n) is 17.2. The molecule has 1 aromatic heterocycles. The summed E-state index contributed by atoms with van der Waals surface area (Å²) in [7, 11) is 0. The van der Waals surface area contributed by atoms with E-state index in [1.54, 1.807) is 0 Å². The van der Waals surface area contributed by atoms with Crippen molar-refractivity contribution in [2.75, 3.05) is 18.7 Å². The van der Waals surface area contributed by atoms with Crippen LogP contribution in [0.15, 0.2) is 12.3 Å². The second-order valence-corrected chi connectivity index (χ2v) is 4.60. The van der Waals surface area contributed by atoms with Gasteiger partial charge < -0.3 is 15.4 Å². The Bertz CT molecular complexity index is 719. The van der Waals surface area contributed by atoms with E-state index in [-0.39, 0.29) is 4.90 Å². The molecule has 1 fully saturated rings. The molecule has 1 amide bonds. The maximum absolute atomic E-state index is 12.2. The summed E-state index contributed by atoms with van der Waals surface area (Å²) in [5, 5.41) is 0. The van der Waals surface area contributed by atoms with Gasteiger partial charge in [0.2, 0.25) is 0 Å². The molecule has 1 aromatic rings. The second kappa shape index (κ2) is 4.44. The minimum Gasteiger partial charge on any atom is -0.444 e. The molecule has 0 aliphatic carbocycles. The number of nitrogens with two attached hydrogens (primary N) is 1. The highest BCUT2D eigenvalue weighted by Crippen LogP contribution is 2.26. The Balaban J connectivity index is 2.54. The molecule has 6 heteroatoms. The quantitative estimate of drug-likeness (QED) is 0.822. The average molecular weight is 257 g/mol. The van der Waals surface area contributed by atoms with Crippen LogP contribution < -0.4 is 5.73 Å². The van der Waals surface area contributed by atoms with Crippen LogP contribution in [0.4, 0.5) is 10.6 Å². The number of anilines is 1. The van der Waals surface area contributed by atoms with Gasteiger partial charge in [-0.05, 0) is 20.8 Å². The van der Waals surface area contributed by atoms with Gasteiger partial charge in [-0.15, -0.1) is 0 Å². The van der Waals surface area contributed by atoms with E-state index in [2.05, 4.69) is 9.97 Å². The normalized spacial score (nSPS) is 29.3. The van der Waals surface area contributed by atoms with Crippen LogP contribution in [0.3, 0.4) is 0 Å². The highest BCUT2D eigenvalue weighted by Gasteiger charge is 2.35. The Morgan fingerprint density at radius 3 is 2.89 bits per heavy atom. The van der Waals surface area contributed by atoms with Crippen molar-refractivity contribution in [3.05, 3.63) is 18.0 Å². The SMILES string of the molecule is [2H]c1nc(C2([2H])C([2H])([2H])N(C(=O)OC(C)(C)C)C2([2H])[2H])c([2H])nc1N. The van der Waals surface area contributed by atoms with Crippen LogP contribution in [0.5, 0.6) is 0 Å². The average Bonchev–Trinajstić information content (AvgIpc) is 2.38. The molecule has 1 aliphatic rings. The lowest BCUT2D eigenvalue weighted by Gasteiger charge is -2.39. The van der Waals surface area contributed by atoms with Gasteiger partial charge in [0.15, 0.2) is 0 Å². The second-order valence-electron chi connectivity index (χ2n) is 4.60. The summed E-state index contributed by atoms with van der Waals surface area (Å²) < 4.78 is 60.8. The molecule has 0 unspecified atom stereocenters. The molecule has 6 nitrogen and oxygen atoms in total. The molecule has 98 valence electrons. The van der Waals surface area contributed by atoms with Crippen molar-refractivity contribution in [2.45, 2.75) is 32.3 Å². The Labute approximate surface area is 116 Å². The van der Waals surface area contributed by atoms with E-state index >= 15 is 0 Å². The Morgan fingerprint density at radius 2 is 2.28 bits per heavy atom. The fourth-order valence-corrected chi connectivity index (χ4v) is 1.12. The number of likely N-dealkylation sites (tertiary alicyclic amines) is 1. The van der Waals surface area contributed by atoms with Crippen molar-refractivity contribution in [1.29, 1.82) is 0 Å². The Kier molecular flexibility index (Phi) is 1.57. The molecule has 0 bridgehead atoms. The molecule has 2 N–H and O–H groups in total. The van der Waals surface area contributed by atoms with Crippen molar-refractivity contribution >= 4 is 11.9 Å². The van der Waals surface area contributed by atoms with Crippen LogP contribution in [0.1, 0.15) is 42.0 Å². The summed E-state index contributed by atoms with van der Waals surface area (Å²) in [5.74, 6) is -3.19. The van der Waals surface area contributed by atoms with E-state index < -0.39 is 54.4 Å². The first-order valence-electron chi connectivity index (χ1n) is 8.72. The molecule has 18 heavy (non-hydrogen) atoms. The fraction of sp³-hybridized carbons (Fsp3) is 0.583. The molecule has 2 rings (SSSR count). The van der Waals surface area contributed by atoms with E-state index in [1.807, 2.05) is 0 Å². The minimum atomic E-state index is -2.90. The van der Waals surface area contributed by atoms with Crippen LogP contribution in [-0.4, -0.2) is 39.6 Å².